The van der Waals surface area contributed by atoms with Crippen LogP contribution in [-0.2, 0) is 17.8 Å². The monoisotopic (exact) mass is 377 g/mol. The molecule has 7 nitrogen and oxygen atoms in total. The maximum absolute atomic E-state index is 13.4. The molecular formula is C21H23N5O2. The first-order chi connectivity index (χ1) is 13.6. The molecule has 0 amide bonds. The molecule has 0 radical (unpaired) electrons. The van der Waals surface area contributed by atoms with E-state index in [0.29, 0.717) is 29.0 Å². The minimum absolute atomic E-state index is 0.0717. The lowest BCUT2D eigenvalue weighted by atomic mass is 10.2. The average molecular weight is 377 g/mol. The van der Waals surface area contributed by atoms with Crippen LogP contribution in [0.5, 0.6) is 0 Å². The molecule has 1 saturated heterocycles. The largest absolute Gasteiger partial charge is 0.376 e. The average Bonchev–Trinajstić information content (AvgIpc) is 3.29. The van der Waals surface area contributed by atoms with Gasteiger partial charge in [0.15, 0.2) is 11.3 Å². The van der Waals surface area contributed by atoms with Crippen molar-refractivity contribution in [2.24, 2.45) is 5.92 Å². The summed E-state index contributed by atoms with van der Waals surface area (Å²) in [6.45, 7) is 6.31. The van der Waals surface area contributed by atoms with Crippen molar-refractivity contribution >= 4 is 33.2 Å². The van der Waals surface area contributed by atoms with Gasteiger partial charge < -0.3 is 9.30 Å². The van der Waals surface area contributed by atoms with Gasteiger partial charge in [0.05, 0.1) is 30.0 Å². The van der Waals surface area contributed by atoms with E-state index >= 15 is 0 Å². The quantitative estimate of drug-likeness (QED) is 0.546. The predicted octanol–water partition coefficient (Wildman–Crippen LogP) is 3.13. The first kappa shape index (κ1) is 17.3. The van der Waals surface area contributed by atoms with Gasteiger partial charge in [-0.25, -0.2) is 15.0 Å². The topological polar surface area (TPSA) is 74.8 Å². The highest BCUT2D eigenvalue weighted by molar-refractivity contribution is 6.04. The number of rotatable bonds is 4. The summed E-state index contributed by atoms with van der Waals surface area (Å²) in [4.78, 5) is 27.6. The Morgan fingerprint density at radius 2 is 1.96 bits per heavy atom. The fourth-order valence-corrected chi connectivity index (χ4v) is 4.02. The van der Waals surface area contributed by atoms with Crippen LogP contribution in [0.3, 0.4) is 0 Å². The molecule has 0 saturated carbocycles. The van der Waals surface area contributed by atoms with Crippen molar-refractivity contribution in [1.29, 1.82) is 0 Å². The summed E-state index contributed by atoms with van der Waals surface area (Å²) < 4.78 is 9.40. The highest BCUT2D eigenvalue weighted by Gasteiger charge is 2.22. The van der Waals surface area contributed by atoms with E-state index in [9.17, 15) is 4.79 Å². The van der Waals surface area contributed by atoms with Gasteiger partial charge in [-0.3, -0.25) is 9.36 Å². The molecule has 1 aliphatic heterocycles. The number of ether oxygens (including phenoxy) is 1. The standard InChI is InChI=1S/C21H23N5O2/c1-13(2)10-26-19-17(18-20(26)24-16-8-4-3-7-15(16)23-18)21(27)25(12-22-19)11-14-6-5-9-28-14/h3-4,7-8,12-14H,5-6,9-11H2,1-2H3/t14-/m0/s1. The van der Waals surface area contributed by atoms with Gasteiger partial charge in [0.25, 0.3) is 5.56 Å². The maximum Gasteiger partial charge on any atom is 0.265 e. The van der Waals surface area contributed by atoms with Crippen LogP contribution in [0.15, 0.2) is 35.4 Å². The lowest BCUT2D eigenvalue weighted by molar-refractivity contribution is 0.0960. The summed E-state index contributed by atoms with van der Waals surface area (Å²) in [5, 5.41) is 0.550. The lowest BCUT2D eigenvalue weighted by Gasteiger charge is -2.12. The molecule has 0 unspecified atom stereocenters. The molecule has 0 N–H and O–H groups in total. The maximum atomic E-state index is 13.4. The minimum Gasteiger partial charge on any atom is -0.376 e. The smallest absolute Gasteiger partial charge is 0.265 e. The summed E-state index contributed by atoms with van der Waals surface area (Å²) in [6.07, 6.45) is 3.74. The van der Waals surface area contributed by atoms with Crippen molar-refractivity contribution in [3.63, 3.8) is 0 Å². The Hall–Kier alpha value is -2.80. The zero-order chi connectivity index (χ0) is 19.3. The lowest BCUT2D eigenvalue weighted by Crippen LogP contribution is -2.26. The predicted molar refractivity (Wildman–Crippen MR) is 108 cm³/mol. The Bertz CT molecular complexity index is 1230. The van der Waals surface area contributed by atoms with E-state index in [0.717, 1.165) is 42.7 Å². The second kappa shape index (κ2) is 6.67. The summed E-state index contributed by atoms with van der Waals surface area (Å²) >= 11 is 0. The van der Waals surface area contributed by atoms with Gasteiger partial charge in [0.1, 0.15) is 10.9 Å². The van der Waals surface area contributed by atoms with E-state index in [1.807, 2.05) is 28.8 Å². The number of benzene rings is 1. The zero-order valence-electron chi connectivity index (χ0n) is 16.1. The molecule has 5 rings (SSSR count). The Balaban J connectivity index is 1.79. The van der Waals surface area contributed by atoms with Gasteiger partial charge in [-0.15, -0.1) is 0 Å². The number of para-hydroxylation sites is 2. The van der Waals surface area contributed by atoms with E-state index in [4.69, 9.17) is 14.7 Å². The number of hydrogen-bond acceptors (Lipinski definition) is 5. The first-order valence-electron chi connectivity index (χ1n) is 9.87. The molecule has 1 fully saturated rings. The van der Waals surface area contributed by atoms with Crippen LogP contribution in [0.25, 0.3) is 33.2 Å². The fraction of sp³-hybridized carbons (Fsp3) is 0.429. The molecule has 4 aromatic rings. The third-order valence-corrected chi connectivity index (χ3v) is 5.29. The normalized spacial score (nSPS) is 17.5. The SMILES string of the molecule is CC(C)Cn1c2nc3ccccc3nc2c2c(=O)n(C[C@@H]3CCCO3)cnc21. The summed E-state index contributed by atoms with van der Waals surface area (Å²) in [5.41, 5.74) is 3.55. The van der Waals surface area contributed by atoms with Crippen LogP contribution >= 0.6 is 0 Å². The molecule has 0 bridgehead atoms. The van der Waals surface area contributed by atoms with Gasteiger partial charge in [-0.1, -0.05) is 26.0 Å². The van der Waals surface area contributed by atoms with Gasteiger partial charge in [0, 0.05) is 13.2 Å². The van der Waals surface area contributed by atoms with Crippen molar-refractivity contribution < 1.29 is 4.74 Å². The molecule has 28 heavy (non-hydrogen) atoms. The number of hydrogen-bond donors (Lipinski definition) is 0. The molecule has 1 atom stereocenters. The highest BCUT2D eigenvalue weighted by Crippen LogP contribution is 2.26. The van der Waals surface area contributed by atoms with Gasteiger partial charge >= 0.3 is 0 Å². The molecule has 144 valence electrons. The molecule has 7 heteroatoms. The second-order valence-electron chi connectivity index (χ2n) is 7.92. The molecule has 0 aliphatic carbocycles. The van der Waals surface area contributed by atoms with E-state index < -0.39 is 0 Å². The molecule has 4 heterocycles. The zero-order valence-corrected chi connectivity index (χ0v) is 16.1. The Morgan fingerprint density at radius 3 is 2.68 bits per heavy atom. The minimum atomic E-state index is -0.0717. The van der Waals surface area contributed by atoms with E-state index in [1.54, 1.807) is 10.9 Å². The molecule has 1 aromatic carbocycles. The Kier molecular flexibility index (Phi) is 4.12. The fourth-order valence-electron chi connectivity index (χ4n) is 4.02. The first-order valence-corrected chi connectivity index (χ1v) is 9.87. The van der Waals surface area contributed by atoms with E-state index in [1.165, 1.54) is 0 Å². The molecule has 0 spiro atoms. The Labute approximate surface area is 162 Å². The van der Waals surface area contributed by atoms with Gasteiger partial charge in [-0.05, 0) is 30.9 Å². The molecular weight excluding hydrogens is 354 g/mol. The Morgan fingerprint density at radius 1 is 1.18 bits per heavy atom. The third-order valence-electron chi connectivity index (χ3n) is 5.29. The van der Waals surface area contributed by atoms with Crippen LogP contribution in [0.4, 0.5) is 0 Å². The summed E-state index contributed by atoms with van der Waals surface area (Å²) in [6, 6.07) is 7.76. The second-order valence-corrected chi connectivity index (χ2v) is 7.92. The summed E-state index contributed by atoms with van der Waals surface area (Å²) in [7, 11) is 0. The van der Waals surface area contributed by atoms with Crippen LogP contribution < -0.4 is 5.56 Å². The van der Waals surface area contributed by atoms with Crippen molar-refractivity contribution in [1.82, 2.24) is 24.1 Å². The number of aromatic nitrogens is 5. The van der Waals surface area contributed by atoms with E-state index in [2.05, 4.69) is 18.8 Å². The van der Waals surface area contributed by atoms with Crippen LogP contribution in [0.1, 0.15) is 26.7 Å². The summed E-state index contributed by atoms with van der Waals surface area (Å²) in [5.74, 6) is 0.392. The van der Waals surface area contributed by atoms with Crippen molar-refractivity contribution in [3.8, 4) is 0 Å². The van der Waals surface area contributed by atoms with Crippen LogP contribution in [0.2, 0.25) is 0 Å². The van der Waals surface area contributed by atoms with Crippen molar-refractivity contribution in [3.05, 3.63) is 40.9 Å². The van der Waals surface area contributed by atoms with Gasteiger partial charge in [-0.2, -0.15) is 0 Å². The van der Waals surface area contributed by atoms with E-state index in [-0.39, 0.29) is 11.7 Å². The van der Waals surface area contributed by atoms with Crippen molar-refractivity contribution in [2.75, 3.05) is 6.61 Å². The molecule has 1 aliphatic rings. The third kappa shape index (κ3) is 2.77. The van der Waals surface area contributed by atoms with Crippen molar-refractivity contribution in [2.45, 2.75) is 45.9 Å². The highest BCUT2D eigenvalue weighted by atomic mass is 16.5. The number of fused-ring (bicyclic) bond motifs is 4. The molecule has 3 aromatic heterocycles. The van der Waals surface area contributed by atoms with Crippen LogP contribution in [-0.4, -0.2) is 36.8 Å². The van der Waals surface area contributed by atoms with Crippen LogP contribution in [0, 0.1) is 5.92 Å². The number of nitrogens with zero attached hydrogens (tertiary/aromatic N) is 5. The van der Waals surface area contributed by atoms with Gasteiger partial charge in [0.2, 0.25) is 0 Å².